The van der Waals surface area contributed by atoms with Crippen LogP contribution in [0.3, 0.4) is 0 Å². The fourth-order valence-electron chi connectivity index (χ4n) is 2.53. The van der Waals surface area contributed by atoms with Gasteiger partial charge in [0.2, 0.25) is 0 Å². The Balaban J connectivity index is 1.43. The summed E-state index contributed by atoms with van der Waals surface area (Å²) in [6, 6.07) is 22.6. The van der Waals surface area contributed by atoms with Crippen molar-refractivity contribution in [2.45, 2.75) is 13.5 Å². The number of para-hydroxylation sites is 1. The summed E-state index contributed by atoms with van der Waals surface area (Å²) in [5.74, 6) is 0.842. The molecule has 0 aliphatic rings. The van der Waals surface area contributed by atoms with Gasteiger partial charge in [0.05, 0.1) is 11.2 Å². The highest BCUT2D eigenvalue weighted by atomic mass is 35.5. The van der Waals surface area contributed by atoms with Crippen molar-refractivity contribution in [3.8, 4) is 11.5 Å². The SMILES string of the molecule is Cc1cccc(COc2ccc(/C=N\NC(=O)COc3ccccc3Cl)cc2)c1. The number of halogens is 1. The molecule has 3 rings (SSSR count). The average molecular weight is 409 g/mol. The molecule has 3 aromatic carbocycles. The van der Waals surface area contributed by atoms with Crippen LogP contribution in [0.1, 0.15) is 16.7 Å². The van der Waals surface area contributed by atoms with Gasteiger partial charge in [0, 0.05) is 0 Å². The highest BCUT2D eigenvalue weighted by molar-refractivity contribution is 6.32. The monoisotopic (exact) mass is 408 g/mol. The van der Waals surface area contributed by atoms with E-state index in [1.807, 2.05) is 36.4 Å². The van der Waals surface area contributed by atoms with E-state index >= 15 is 0 Å². The number of benzene rings is 3. The van der Waals surface area contributed by atoms with Crippen molar-refractivity contribution in [3.05, 3.63) is 94.5 Å². The summed E-state index contributed by atoms with van der Waals surface area (Å²) in [4.78, 5) is 11.8. The first kappa shape index (κ1) is 20.4. The van der Waals surface area contributed by atoms with Gasteiger partial charge in [-0.1, -0.05) is 53.6 Å². The maximum absolute atomic E-state index is 11.8. The van der Waals surface area contributed by atoms with Crippen molar-refractivity contribution in [3.63, 3.8) is 0 Å². The van der Waals surface area contributed by atoms with E-state index in [0.717, 1.165) is 16.9 Å². The summed E-state index contributed by atoms with van der Waals surface area (Å²) >= 11 is 5.97. The Kier molecular flexibility index (Phi) is 7.25. The van der Waals surface area contributed by atoms with Crippen LogP contribution in [-0.2, 0) is 11.4 Å². The van der Waals surface area contributed by atoms with E-state index < -0.39 is 0 Å². The van der Waals surface area contributed by atoms with Gasteiger partial charge in [-0.2, -0.15) is 5.10 Å². The normalized spacial score (nSPS) is 10.7. The van der Waals surface area contributed by atoms with Crippen LogP contribution in [0, 0.1) is 6.92 Å². The molecular weight excluding hydrogens is 388 g/mol. The predicted octanol–water partition coefficient (Wildman–Crippen LogP) is 4.76. The number of carbonyl (C=O) groups excluding carboxylic acids is 1. The fourth-order valence-corrected chi connectivity index (χ4v) is 2.73. The van der Waals surface area contributed by atoms with Gasteiger partial charge >= 0.3 is 0 Å². The molecule has 0 unspecified atom stereocenters. The van der Waals surface area contributed by atoms with Gasteiger partial charge < -0.3 is 9.47 Å². The van der Waals surface area contributed by atoms with E-state index in [1.54, 1.807) is 30.5 Å². The second-order valence-corrected chi connectivity index (χ2v) is 6.77. The van der Waals surface area contributed by atoms with Crippen LogP contribution in [0.15, 0.2) is 77.9 Å². The van der Waals surface area contributed by atoms with E-state index in [-0.39, 0.29) is 12.5 Å². The molecule has 3 aromatic rings. The summed E-state index contributed by atoms with van der Waals surface area (Å²) < 4.78 is 11.1. The molecule has 0 bridgehead atoms. The number of ether oxygens (including phenoxy) is 2. The second-order valence-electron chi connectivity index (χ2n) is 6.36. The molecule has 0 saturated heterocycles. The molecule has 0 atom stereocenters. The zero-order valence-corrected chi connectivity index (χ0v) is 16.7. The van der Waals surface area contributed by atoms with E-state index in [2.05, 4.69) is 29.6 Å². The molecular formula is C23H21ClN2O3. The molecule has 148 valence electrons. The van der Waals surface area contributed by atoms with Gasteiger partial charge in [-0.25, -0.2) is 5.43 Å². The minimum absolute atomic E-state index is 0.174. The molecule has 1 N–H and O–H groups in total. The van der Waals surface area contributed by atoms with Crippen molar-refractivity contribution in [2.75, 3.05) is 6.61 Å². The number of nitrogens with one attached hydrogen (secondary N) is 1. The minimum Gasteiger partial charge on any atom is -0.489 e. The molecule has 6 heteroatoms. The van der Waals surface area contributed by atoms with Crippen LogP contribution >= 0.6 is 11.6 Å². The lowest BCUT2D eigenvalue weighted by molar-refractivity contribution is -0.123. The van der Waals surface area contributed by atoms with E-state index in [0.29, 0.717) is 17.4 Å². The number of hydrogen-bond donors (Lipinski definition) is 1. The van der Waals surface area contributed by atoms with Gasteiger partial charge in [0.25, 0.3) is 5.91 Å². The Hall–Kier alpha value is -3.31. The lowest BCUT2D eigenvalue weighted by Gasteiger charge is -2.07. The van der Waals surface area contributed by atoms with Crippen LogP contribution in [-0.4, -0.2) is 18.7 Å². The first-order chi connectivity index (χ1) is 14.1. The summed E-state index contributed by atoms with van der Waals surface area (Å²) in [6.07, 6.45) is 1.55. The van der Waals surface area contributed by atoms with E-state index in [1.165, 1.54) is 5.56 Å². The third-order valence-corrected chi connectivity index (χ3v) is 4.28. The summed E-state index contributed by atoms with van der Waals surface area (Å²) in [5.41, 5.74) is 5.58. The molecule has 1 amide bonds. The van der Waals surface area contributed by atoms with Gasteiger partial charge in [-0.05, 0) is 54.4 Å². The maximum Gasteiger partial charge on any atom is 0.277 e. The molecule has 0 aliphatic heterocycles. The zero-order chi connectivity index (χ0) is 20.5. The number of hydrogen-bond acceptors (Lipinski definition) is 4. The Morgan fingerprint density at radius 2 is 1.83 bits per heavy atom. The summed E-state index contributed by atoms with van der Waals surface area (Å²) in [6.45, 7) is 2.39. The largest absolute Gasteiger partial charge is 0.489 e. The standard InChI is InChI=1S/C23H21ClN2O3/c1-17-5-4-6-19(13-17)15-28-20-11-9-18(10-12-20)14-25-26-23(27)16-29-22-8-3-2-7-21(22)24/h2-14H,15-16H2,1H3,(H,26,27)/b25-14-. The minimum atomic E-state index is -0.376. The molecule has 29 heavy (non-hydrogen) atoms. The van der Waals surface area contributed by atoms with Crippen LogP contribution < -0.4 is 14.9 Å². The number of rotatable bonds is 8. The van der Waals surface area contributed by atoms with Gasteiger partial charge in [-0.15, -0.1) is 0 Å². The molecule has 0 spiro atoms. The number of hydrazone groups is 1. The predicted molar refractivity (Wildman–Crippen MR) is 115 cm³/mol. The van der Waals surface area contributed by atoms with Crippen molar-refractivity contribution in [2.24, 2.45) is 5.10 Å². The Labute approximate surface area is 174 Å². The quantitative estimate of drug-likeness (QED) is 0.432. The Morgan fingerprint density at radius 1 is 1.03 bits per heavy atom. The lowest BCUT2D eigenvalue weighted by Crippen LogP contribution is -2.24. The second kappa shape index (κ2) is 10.3. The highest BCUT2D eigenvalue weighted by Gasteiger charge is 2.04. The summed E-state index contributed by atoms with van der Waals surface area (Å²) in [5, 5.41) is 4.38. The molecule has 0 heterocycles. The van der Waals surface area contributed by atoms with Crippen molar-refractivity contribution in [1.82, 2.24) is 5.43 Å². The Morgan fingerprint density at radius 3 is 2.59 bits per heavy atom. The summed E-state index contributed by atoms with van der Waals surface area (Å²) in [7, 11) is 0. The van der Waals surface area contributed by atoms with Crippen molar-refractivity contribution >= 4 is 23.7 Å². The van der Waals surface area contributed by atoms with E-state index in [4.69, 9.17) is 21.1 Å². The topological polar surface area (TPSA) is 59.9 Å². The van der Waals surface area contributed by atoms with Gasteiger partial charge in [-0.3, -0.25) is 4.79 Å². The molecule has 5 nitrogen and oxygen atoms in total. The third-order valence-electron chi connectivity index (χ3n) is 3.97. The fraction of sp³-hybridized carbons (Fsp3) is 0.130. The first-order valence-corrected chi connectivity index (χ1v) is 9.45. The lowest BCUT2D eigenvalue weighted by atomic mass is 10.1. The highest BCUT2D eigenvalue weighted by Crippen LogP contribution is 2.22. The van der Waals surface area contributed by atoms with Crippen LogP contribution in [0.4, 0.5) is 0 Å². The Bertz CT molecular complexity index is 987. The number of nitrogens with zero attached hydrogens (tertiary/aromatic N) is 1. The van der Waals surface area contributed by atoms with Gasteiger partial charge in [0.15, 0.2) is 6.61 Å². The molecule has 0 fully saturated rings. The average Bonchev–Trinajstić information content (AvgIpc) is 2.73. The molecule has 0 aliphatic carbocycles. The van der Waals surface area contributed by atoms with Crippen molar-refractivity contribution in [1.29, 1.82) is 0 Å². The van der Waals surface area contributed by atoms with E-state index in [9.17, 15) is 4.79 Å². The van der Waals surface area contributed by atoms with Crippen LogP contribution in [0.5, 0.6) is 11.5 Å². The number of carbonyl (C=O) groups is 1. The van der Waals surface area contributed by atoms with Crippen LogP contribution in [0.25, 0.3) is 0 Å². The third kappa shape index (κ3) is 6.66. The van der Waals surface area contributed by atoms with Crippen molar-refractivity contribution < 1.29 is 14.3 Å². The smallest absolute Gasteiger partial charge is 0.277 e. The van der Waals surface area contributed by atoms with Crippen LogP contribution in [0.2, 0.25) is 5.02 Å². The number of aryl methyl sites for hydroxylation is 1. The zero-order valence-electron chi connectivity index (χ0n) is 16.0. The first-order valence-electron chi connectivity index (χ1n) is 9.08. The molecule has 0 radical (unpaired) electrons. The molecule has 0 aromatic heterocycles. The maximum atomic E-state index is 11.8. The number of amides is 1. The molecule has 0 saturated carbocycles. The van der Waals surface area contributed by atoms with Gasteiger partial charge in [0.1, 0.15) is 18.1 Å².